The molecule has 0 saturated heterocycles. The standard InChI is InChI=1S/C11H6BrCl2N5/c12-7-5(13)2-1-3-6(7)17-10-8-9(16-4-15-8)18-11(14)19-10/h1-4H,(H2,15,16,17,18,19). The van der Waals surface area contributed by atoms with Crippen molar-refractivity contribution >= 4 is 61.8 Å². The van der Waals surface area contributed by atoms with Crippen molar-refractivity contribution in [1.82, 2.24) is 19.9 Å². The van der Waals surface area contributed by atoms with E-state index in [9.17, 15) is 0 Å². The second kappa shape index (κ2) is 4.96. The predicted octanol–water partition coefficient (Wildman–Crippen LogP) is 4.17. The van der Waals surface area contributed by atoms with E-state index in [-0.39, 0.29) is 5.28 Å². The average Bonchev–Trinajstić information content (AvgIpc) is 2.83. The number of nitrogens with zero attached hydrogens (tertiary/aromatic N) is 3. The zero-order valence-electron chi connectivity index (χ0n) is 9.28. The highest BCUT2D eigenvalue weighted by molar-refractivity contribution is 9.10. The van der Waals surface area contributed by atoms with Crippen molar-refractivity contribution in [3.63, 3.8) is 0 Å². The van der Waals surface area contributed by atoms with Gasteiger partial charge in [0.2, 0.25) is 5.28 Å². The van der Waals surface area contributed by atoms with Crippen molar-refractivity contribution < 1.29 is 0 Å². The van der Waals surface area contributed by atoms with Crippen LogP contribution in [0.3, 0.4) is 0 Å². The molecule has 0 aliphatic heterocycles. The molecule has 19 heavy (non-hydrogen) atoms. The molecule has 2 heterocycles. The van der Waals surface area contributed by atoms with Gasteiger partial charge in [-0.3, -0.25) is 0 Å². The van der Waals surface area contributed by atoms with Gasteiger partial charge in [0.1, 0.15) is 5.52 Å². The fourth-order valence-electron chi connectivity index (χ4n) is 1.62. The number of halogens is 3. The Morgan fingerprint density at radius 2 is 2.05 bits per heavy atom. The number of rotatable bonds is 2. The molecule has 0 saturated carbocycles. The number of H-pyrrole nitrogens is 1. The fourth-order valence-corrected chi connectivity index (χ4v) is 2.33. The van der Waals surface area contributed by atoms with Gasteiger partial charge in [0.15, 0.2) is 11.5 Å². The molecule has 0 bridgehead atoms. The second-order valence-electron chi connectivity index (χ2n) is 3.67. The Bertz CT molecular complexity index is 758. The number of benzene rings is 1. The van der Waals surface area contributed by atoms with Crippen LogP contribution in [0, 0.1) is 0 Å². The summed E-state index contributed by atoms with van der Waals surface area (Å²) in [5.74, 6) is 0.537. The topological polar surface area (TPSA) is 66.5 Å². The molecule has 3 aromatic rings. The molecule has 8 heteroatoms. The molecule has 5 nitrogen and oxygen atoms in total. The molecule has 2 aromatic heterocycles. The first kappa shape index (κ1) is 12.7. The predicted molar refractivity (Wildman–Crippen MR) is 79.1 cm³/mol. The first-order valence-corrected chi connectivity index (χ1v) is 6.77. The summed E-state index contributed by atoms with van der Waals surface area (Å²) in [5, 5.41) is 3.87. The first-order valence-electron chi connectivity index (χ1n) is 5.23. The summed E-state index contributed by atoms with van der Waals surface area (Å²) < 4.78 is 0.749. The van der Waals surface area contributed by atoms with Crippen LogP contribution >= 0.6 is 39.1 Å². The summed E-state index contributed by atoms with van der Waals surface area (Å²) in [6, 6.07) is 5.49. The average molecular weight is 359 g/mol. The van der Waals surface area contributed by atoms with Crippen molar-refractivity contribution in [2.24, 2.45) is 0 Å². The number of hydrogen-bond donors (Lipinski definition) is 2. The third-order valence-corrected chi connectivity index (χ3v) is 4.03. The van der Waals surface area contributed by atoms with E-state index in [2.05, 4.69) is 41.2 Å². The van der Waals surface area contributed by atoms with Crippen molar-refractivity contribution in [2.45, 2.75) is 0 Å². The van der Waals surface area contributed by atoms with E-state index >= 15 is 0 Å². The summed E-state index contributed by atoms with van der Waals surface area (Å²) in [5.41, 5.74) is 1.95. The second-order valence-corrected chi connectivity index (χ2v) is 5.21. The zero-order chi connectivity index (χ0) is 13.4. The Morgan fingerprint density at radius 3 is 2.89 bits per heavy atom. The van der Waals surface area contributed by atoms with E-state index in [1.807, 2.05) is 12.1 Å². The van der Waals surface area contributed by atoms with E-state index in [1.165, 1.54) is 6.33 Å². The lowest BCUT2D eigenvalue weighted by Gasteiger charge is -2.09. The monoisotopic (exact) mass is 357 g/mol. The van der Waals surface area contributed by atoms with Crippen LogP contribution in [-0.4, -0.2) is 19.9 Å². The molecule has 0 amide bonds. The van der Waals surface area contributed by atoms with Gasteiger partial charge in [-0.1, -0.05) is 17.7 Å². The minimum atomic E-state index is 0.125. The molecule has 96 valence electrons. The zero-order valence-corrected chi connectivity index (χ0v) is 12.4. The van der Waals surface area contributed by atoms with Crippen LogP contribution in [0.15, 0.2) is 29.0 Å². The molecular formula is C11H6BrCl2N5. The molecule has 0 unspecified atom stereocenters. The van der Waals surface area contributed by atoms with E-state index < -0.39 is 0 Å². The molecule has 1 aromatic carbocycles. The van der Waals surface area contributed by atoms with Gasteiger partial charge in [-0.05, 0) is 39.7 Å². The number of nitrogens with one attached hydrogen (secondary N) is 2. The van der Waals surface area contributed by atoms with E-state index in [0.29, 0.717) is 22.0 Å². The van der Waals surface area contributed by atoms with Gasteiger partial charge in [0.05, 0.1) is 21.5 Å². The van der Waals surface area contributed by atoms with Crippen LogP contribution < -0.4 is 5.32 Å². The van der Waals surface area contributed by atoms with Crippen LogP contribution in [0.1, 0.15) is 0 Å². The lowest BCUT2D eigenvalue weighted by atomic mass is 10.3. The Hall–Kier alpha value is -1.37. The highest BCUT2D eigenvalue weighted by Crippen LogP contribution is 2.33. The third kappa shape index (κ3) is 2.39. The van der Waals surface area contributed by atoms with Crippen LogP contribution in [0.2, 0.25) is 10.3 Å². The molecule has 0 atom stereocenters. The number of imidazole rings is 1. The number of anilines is 2. The van der Waals surface area contributed by atoms with Gasteiger partial charge >= 0.3 is 0 Å². The summed E-state index contributed by atoms with van der Waals surface area (Å²) in [6.45, 7) is 0. The van der Waals surface area contributed by atoms with Crippen molar-refractivity contribution in [3.05, 3.63) is 39.3 Å². The van der Waals surface area contributed by atoms with Gasteiger partial charge in [0, 0.05) is 0 Å². The third-order valence-electron chi connectivity index (χ3n) is 2.46. The number of hydrogen-bond acceptors (Lipinski definition) is 4. The van der Waals surface area contributed by atoms with E-state index in [0.717, 1.165) is 10.2 Å². The lowest BCUT2D eigenvalue weighted by molar-refractivity contribution is 1.20. The van der Waals surface area contributed by atoms with Gasteiger partial charge in [-0.15, -0.1) is 0 Å². The van der Waals surface area contributed by atoms with Crippen LogP contribution in [-0.2, 0) is 0 Å². The maximum absolute atomic E-state index is 6.04. The normalized spacial score (nSPS) is 10.9. The maximum Gasteiger partial charge on any atom is 0.226 e. The van der Waals surface area contributed by atoms with Crippen molar-refractivity contribution in [1.29, 1.82) is 0 Å². The Labute approximate surface area is 126 Å². The summed E-state index contributed by atoms with van der Waals surface area (Å²) >= 11 is 15.3. The fraction of sp³-hybridized carbons (Fsp3) is 0. The molecular weight excluding hydrogens is 353 g/mol. The van der Waals surface area contributed by atoms with Gasteiger partial charge < -0.3 is 10.3 Å². The molecule has 0 spiro atoms. The Balaban J connectivity index is 2.10. The number of fused-ring (bicyclic) bond motifs is 1. The molecule has 3 rings (SSSR count). The molecule has 0 aliphatic carbocycles. The SMILES string of the molecule is Clc1nc(Nc2cccc(Cl)c2Br)c2[nH]cnc2n1. The lowest BCUT2D eigenvalue weighted by Crippen LogP contribution is -1.98. The quantitative estimate of drug-likeness (QED) is 0.675. The van der Waals surface area contributed by atoms with Crippen LogP contribution in [0.4, 0.5) is 11.5 Å². The summed E-state index contributed by atoms with van der Waals surface area (Å²) in [7, 11) is 0. The maximum atomic E-state index is 6.04. The number of aromatic amines is 1. The van der Waals surface area contributed by atoms with Gasteiger partial charge in [-0.25, -0.2) is 4.98 Å². The minimum absolute atomic E-state index is 0.125. The highest BCUT2D eigenvalue weighted by atomic mass is 79.9. The first-order chi connectivity index (χ1) is 9.15. The summed E-state index contributed by atoms with van der Waals surface area (Å²) in [6.07, 6.45) is 1.54. The molecule has 0 radical (unpaired) electrons. The smallest absolute Gasteiger partial charge is 0.226 e. The Morgan fingerprint density at radius 1 is 1.21 bits per heavy atom. The highest BCUT2D eigenvalue weighted by Gasteiger charge is 2.11. The van der Waals surface area contributed by atoms with Crippen LogP contribution in [0.25, 0.3) is 11.2 Å². The van der Waals surface area contributed by atoms with Gasteiger partial charge in [0.25, 0.3) is 0 Å². The van der Waals surface area contributed by atoms with Crippen molar-refractivity contribution in [3.8, 4) is 0 Å². The van der Waals surface area contributed by atoms with Crippen LogP contribution in [0.5, 0.6) is 0 Å². The summed E-state index contributed by atoms with van der Waals surface area (Å²) in [4.78, 5) is 15.2. The van der Waals surface area contributed by atoms with Crippen molar-refractivity contribution in [2.75, 3.05) is 5.32 Å². The molecule has 2 N–H and O–H groups in total. The molecule has 0 aliphatic rings. The Kier molecular flexibility index (Phi) is 3.30. The number of aromatic nitrogens is 4. The molecule has 0 fully saturated rings. The van der Waals surface area contributed by atoms with Gasteiger partial charge in [-0.2, -0.15) is 9.97 Å². The van der Waals surface area contributed by atoms with E-state index in [1.54, 1.807) is 6.07 Å². The van der Waals surface area contributed by atoms with E-state index in [4.69, 9.17) is 23.2 Å². The largest absolute Gasteiger partial charge is 0.340 e. The minimum Gasteiger partial charge on any atom is -0.340 e.